The van der Waals surface area contributed by atoms with Crippen LogP contribution < -0.4 is 0 Å². The predicted octanol–water partition coefficient (Wildman–Crippen LogP) is 3.52. The van der Waals surface area contributed by atoms with Crippen LogP contribution in [0.15, 0.2) is 24.3 Å². The zero-order valence-electron chi connectivity index (χ0n) is 11.2. The highest BCUT2D eigenvalue weighted by Crippen LogP contribution is 2.17. The molecule has 19 heavy (non-hydrogen) atoms. The molecule has 0 radical (unpaired) electrons. The monoisotopic (exact) mass is 276 g/mol. The molecule has 0 aliphatic carbocycles. The SMILES string of the molecule is CCc1nn(Cc2ccc(Cl)cc2)c(CC)c1C=O. The first-order valence-corrected chi connectivity index (χ1v) is 6.85. The zero-order chi connectivity index (χ0) is 13.8. The van der Waals surface area contributed by atoms with E-state index < -0.39 is 0 Å². The zero-order valence-corrected chi connectivity index (χ0v) is 11.9. The summed E-state index contributed by atoms with van der Waals surface area (Å²) in [5.41, 5.74) is 3.75. The van der Waals surface area contributed by atoms with E-state index in [4.69, 9.17) is 11.6 Å². The molecule has 0 atom stereocenters. The number of aromatic nitrogens is 2. The van der Waals surface area contributed by atoms with Crippen LogP contribution in [0.25, 0.3) is 0 Å². The number of halogens is 1. The maximum atomic E-state index is 11.2. The van der Waals surface area contributed by atoms with Gasteiger partial charge in [0.2, 0.25) is 0 Å². The number of carbonyl (C=O) groups excluding carboxylic acids is 1. The van der Waals surface area contributed by atoms with Crippen molar-refractivity contribution >= 4 is 17.9 Å². The Morgan fingerprint density at radius 3 is 2.42 bits per heavy atom. The first-order valence-electron chi connectivity index (χ1n) is 6.47. The smallest absolute Gasteiger partial charge is 0.153 e. The van der Waals surface area contributed by atoms with Gasteiger partial charge in [-0.05, 0) is 30.5 Å². The molecule has 0 spiro atoms. The Kier molecular flexibility index (Phi) is 4.38. The molecule has 0 saturated heterocycles. The lowest BCUT2D eigenvalue weighted by Gasteiger charge is -2.06. The molecule has 1 aromatic heterocycles. The Balaban J connectivity index is 2.36. The van der Waals surface area contributed by atoms with E-state index >= 15 is 0 Å². The molecule has 0 aliphatic heterocycles. The Morgan fingerprint density at radius 2 is 1.89 bits per heavy atom. The second-order valence-corrected chi connectivity index (χ2v) is 4.85. The minimum absolute atomic E-state index is 0.668. The molecule has 0 unspecified atom stereocenters. The van der Waals surface area contributed by atoms with Crippen molar-refractivity contribution in [2.45, 2.75) is 33.2 Å². The maximum absolute atomic E-state index is 11.2. The molecule has 0 amide bonds. The standard InChI is InChI=1S/C15H17ClN2O/c1-3-14-13(10-19)15(4-2)18(17-14)9-11-5-7-12(16)8-6-11/h5-8,10H,3-4,9H2,1-2H3. The molecule has 100 valence electrons. The van der Waals surface area contributed by atoms with Crippen LogP contribution in [0.3, 0.4) is 0 Å². The van der Waals surface area contributed by atoms with Crippen LogP contribution in [0.5, 0.6) is 0 Å². The van der Waals surface area contributed by atoms with Crippen molar-refractivity contribution in [2.24, 2.45) is 0 Å². The van der Waals surface area contributed by atoms with Crippen LogP contribution in [0, 0.1) is 0 Å². The van der Waals surface area contributed by atoms with E-state index in [1.807, 2.05) is 42.8 Å². The number of aldehydes is 1. The summed E-state index contributed by atoms with van der Waals surface area (Å²) in [7, 11) is 0. The molecule has 1 aromatic carbocycles. The van der Waals surface area contributed by atoms with Crippen molar-refractivity contribution < 1.29 is 4.79 Å². The van der Waals surface area contributed by atoms with E-state index in [2.05, 4.69) is 5.10 Å². The van der Waals surface area contributed by atoms with Gasteiger partial charge >= 0.3 is 0 Å². The van der Waals surface area contributed by atoms with Crippen molar-refractivity contribution in [3.8, 4) is 0 Å². The third-order valence-corrected chi connectivity index (χ3v) is 3.46. The molecule has 4 heteroatoms. The van der Waals surface area contributed by atoms with Gasteiger partial charge in [-0.15, -0.1) is 0 Å². The summed E-state index contributed by atoms with van der Waals surface area (Å²) in [6.07, 6.45) is 2.49. The molecule has 1 heterocycles. The van der Waals surface area contributed by atoms with Crippen molar-refractivity contribution in [1.29, 1.82) is 0 Å². The molecule has 0 aliphatic rings. The molecular formula is C15H17ClN2O. The van der Waals surface area contributed by atoms with Crippen LogP contribution in [0.1, 0.15) is 41.2 Å². The second-order valence-electron chi connectivity index (χ2n) is 4.42. The number of hydrogen-bond donors (Lipinski definition) is 0. The van der Waals surface area contributed by atoms with Crippen LogP contribution in [0.4, 0.5) is 0 Å². The number of benzene rings is 1. The van der Waals surface area contributed by atoms with Crippen LogP contribution in [-0.2, 0) is 19.4 Å². The van der Waals surface area contributed by atoms with Crippen LogP contribution >= 0.6 is 11.6 Å². The van der Waals surface area contributed by atoms with Crippen molar-refractivity contribution in [1.82, 2.24) is 9.78 Å². The highest BCUT2D eigenvalue weighted by molar-refractivity contribution is 6.30. The minimum atomic E-state index is 0.668. The van der Waals surface area contributed by atoms with E-state index in [0.717, 1.165) is 46.7 Å². The summed E-state index contributed by atoms with van der Waals surface area (Å²) in [6, 6.07) is 7.70. The average molecular weight is 277 g/mol. The Bertz CT molecular complexity index is 573. The van der Waals surface area contributed by atoms with Gasteiger partial charge in [-0.3, -0.25) is 9.48 Å². The van der Waals surface area contributed by atoms with Gasteiger partial charge in [0.25, 0.3) is 0 Å². The van der Waals surface area contributed by atoms with E-state index in [0.29, 0.717) is 6.54 Å². The quantitative estimate of drug-likeness (QED) is 0.783. The highest BCUT2D eigenvalue weighted by Gasteiger charge is 2.14. The molecule has 0 fully saturated rings. The molecule has 0 N–H and O–H groups in total. The summed E-state index contributed by atoms with van der Waals surface area (Å²) in [5, 5.41) is 5.27. The molecule has 0 saturated carbocycles. The Morgan fingerprint density at radius 1 is 1.21 bits per heavy atom. The van der Waals surface area contributed by atoms with Gasteiger partial charge in [0.15, 0.2) is 6.29 Å². The van der Waals surface area contributed by atoms with E-state index in [-0.39, 0.29) is 0 Å². The minimum Gasteiger partial charge on any atom is -0.298 e. The summed E-state index contributed by atoms with van der Waals surface area (Å²) in [4.78, 5) is 11.2. The van der Waals surface area contributed by atoms with Gasteiger partial charge in [-0.1, -0.05) is 37.6 Å². The number of aryl methyl sites for hydroxylation is 1. The predicted molar refractivity (Wildman–Crippen MR) is 76.9 cm³/mol. The van der Waals surface area contributed by atoms with Gasteiger partial charge in [0, 0.05) is 10.7 Å². The molecule has 3 nitrogen and oxygen atoms in total. The summed E-state index contributed by atoms with van der Waals surface area (Å²) < 4.78 is 1.92. The summed E-state index contributed by atoms with van der Waals surface area (Å²) in [6.45, 7) is 4.73. The van der Waals surface area contributed by atoms with Gasteiger partial charge in [0.1, 0.15) is 0 Å². The largest absolute Gasteiger partial charge is 0.298 e. The highest BCUT2D eigenvalue weighted by atomic mass is 35.5. The Labute approximate surface area is 118 Å². The normalized spacial score (nSPS) is 10.7. The third-order valence-electron chi connectivity index (χ3n) is 3.21. The van der Waals surface area contributed by atoms with Gasteiger partial charge in [0.05, 0.1) is 17.8 Å². The number of nitrogens with zero attached hydrogens (tertiary/aromatic N) is 2. The molecule has 2 rings (SSSR count). The number of hydrogen-bond acceptors (Lipinski definition) is 2. The first-order chi connectivity index (χ1) is 9.19. The fraction of sp³-hybridized carbons (Fsp3) is 0.333. The van der Waals surface area contributed by atoms with Crippen molar-refractivity contribution in [3.05, 3.63) is 51.8 Å². The van der Waals surface area contributed by atoms with Crippen LogP contribution in [-0.4, -0.2) is 16.1 Å². The third kappa shape index (κ3) is 2.87. The van der Waals surface area contributed by atoms with E-state index in [1.54, 1.807) is 0 Å². The second kappa shape index (κ2) is 6.02. The van der Waals surface area contributed by atoms with Gasteiger partial charge in [-0.2, -0.15) is 5.10 Å². The lowest BCUT2D eigenvalue weighted by Crippen LogP contribution is -2.06. The van der Waals surface area contributed by atoms with Crippen molar-refractivity contribution in [2.75, 3.05) is 0 Å². The average Bonchev–Trinajstić information content (AvgIpc) is 2.78. The summed E-state index contributed by atoms with van der Waals surface area (Å²) in [5.74, 6) is 0. The molecular weight excluding hydrogens is 260 g/mol. The fourth-order valence-electron chi connectivity index (χ4n) is 2.23. The Hall–Kier alpha value is -1.61. The fourth-order valence-corrected chi connectivity index (χ4v) is 2.36. The summed E-state index contributed by atoms with van der Waals surface area (Å²) >= 11 is 5.88. The van der Waals surface area contributed by atoms with Gasteiger partial charge < -0.3 is 0 Å². The van der Waals surface area contributed by atoms with Crippen LogP contribution in [0.2, 0.25) is 5.02 Å². The first kappa shape index (κ1) is 13.8. The molecule has 2 aromatic rings. The van der Waals surface area contributed by atoms with E-state index in [9.17, 15) is 4.79 Å². The van der Waals surface area contributed by atoms with Crippen molar-refractivity contribution in [3.63, 3.8) is 0 Å². The molecule has 0 bridgehead atoms. The van der Waals surface area contributed by atoms with Gasteiger partial charge in [-0.25, -0.2) is 0 Å². The topological polar surface area (TPSA) is 34.9 Å². The maximum Gasteiger partial charge on any atom is 0.153 e. The lowest BCUT2D eigenvalue weighted by atomic mass is 10.1. The number of rotatable bonds is 5. The number of carbonyl (C=O) groups is 1. The lowest BCUT2D eigenvalue weighted by molar-refractivity contribution is 0.112. The van der Waals surface area contributed by atoms with E-state index in [1.165, 1.54) is 0 Å².